The van der Waals surface area contributed by atoms with Gasteiger partial charge in [-0.3, -0.25) is 9.97 Å². The maximum Gasteiger partial charge on any atom is 0.170 e. The minimum atomic E-state index is 0.00567. The normalized spacial score (nSPS) is 18.4. The number of aryl methyl sites for hydroxylation is 1. The van der Waals surface area contributed by atoms with Crippen molar-refractivity contribution in [3.63, 3.8) is 0 Å². The van der Waals surface area contributed by atoms with Gasteiger partial charge in [0.1, 0.15) is 0 Å². The highest BCUT2D eigenvalue weighted by molar-refractivity contribution is 7.80. The Morgan fingerprint density at radius 2 is 1.94 bits per heavy atom. The summed E-state index contributed by atoms with van der Waals surface area (Å²) in [6, 6.07) is 12.6. The molecule has 1 fully saturated rings. The summed E-state index contributed by atoms with van der Waals surface area (Å²) in [5.74, 6) is 0. The Morgan fingerprint density at radius 3 is 2.65 bits per heavy atom. The van der Waals surface area contributed by atoms with Gasteiger partial charge in [-0.05, 0) is 73.9 Å². The van der Waals surface area contributed by atoms with Crippen molar-refractivity contribution in [2.45, 2.75) is 38.9 Å². The Morgan fingerprint density at radius 1 is 1.13 bits per heavy atom. The van der Waals surface area contributed by atoms with E-state index in [1.54, 1.807) is 7.11 Å². The molecule has 0 radical (unpaired) electrons. The van der Waals surface area contributed by atoms with Crippen molar-refractivity contribution in [3.05, 3.63) is 83.2 Å². The van der Waals surface area contributed by atoms with Crippen LogP contribution < -0.4 is 5.32 Å². The average molecular weight is 436 g/mol. The predicted molar refractivity (Wildman–Crippen MR) is 126 cm³/mol. The number of hydrogen-bond donors (Lipinski definition) is 1. The molecule has 0 bridgehead atoms. The molecule has 2 atom stereocenters. The van der Waals surface area contributed by atoms with Crippen LogP contribution in [0.25, 0.3) is 0 Å². The molecule has 1 aliphatic rings. The summed E-state index contributed by atoms with van der Waals surface area (Å²) in [7, 11) is 1.74. The van der Waals surface area contributed by atoms with Crippen LogP contribution >= 0.6 is 12.2 Å². The molecule has 7 heteroatoms. The molecule has 0 unspecified atom stereocenters. The molecule has 162 valence electrons. The standard InChI is InChI=1S/C24H29N5OS/c1-17-15-20(18(2)29(17)16-19-8-11-25-12-9-19)23-22(21-7-4-5-10-26-21)27-24(31)28(23)13-6-14-30-3/h4-5,7-12,15,22-23H,6,13-14,16H2,1-3H3,(H,27,31)/t22-,23+/m0/s1. The van der Waals surface area contributed by atoms with Crippen LogP contribution in [0.4, 0.5) is 0 Å². The van der Waals surface area contributed by atoms with Crippen molar-refractivity contribution in [2.24, 2.45) is 0 Å². The fraction of sp³-hybridized carbons (Fsp3) is 0.375. The lowest BCUT2D eigenvalue weighted by atomic mass is 9.96. The molecule has 3 aromatic rings. The van der Waals surface area contributed by atoms with E-state index in [0.717, 1.165) is 30.3 Å². The number of nitrogens with zero attached hydrogens (tertiary/aromatic N) is 4. The number of methoxy groups -OCH3 is 1. The molecular formula is C24H29N5OS. The molecule has 1 saturated heterocycles. The van der Waals surface area contributed by atoms with Crippen molar-refractivity contribution in [3.8, 4) is 0 Å². The van der Waals surface area contributed by atoms with Gasteiger partial charge >= 0.3 is 0 Å². The predicted octanol–water partition coefficient (Wildman–Crippen LogP) is 3.95. The second-order valence-corrected chi connectivity index (χ2v) is 8.32. The van der Waals surface area contributed by atoms with Crippen molar-refractivity contribution < 1.29 is 4.74 Å². The van der Waals surface area contributed by atoms with E-state index in [1.165, 1.54) is 22.5 Å². The van der Waals surface area contributed by atoms with E-state index in [2.05, 4.69) is 62.9 Å². The number of ether oxygens (including phenoxy) is 1. The van der Waals surface area contributed by atoms with Gasteiger partial charge in [-0.25, -0.2) is 0 Å². The van der Waals surface area contributed by atoms with E-state index in [0.29, 0.717) is 6.61 Å². The zero-order valence-electron chi connectivity index (χ0n) is 18.3. The maximum atomic E-state index is 5.76. The smallest absolute Gasteiger partial charge is 0.170 e. The van der Waals surface area contributed by atoms with Gasteiger partial charge < -0.3 is 19.5 Å². The molecule has 1 N–H and O–H groups in total. The van der Waals surface area contributed by atoms with Crippen LogP contribution in [0.15, 0.2) is 55.0 Å². The Bertz CT molecular complexity index is 1020. The van der Waals surface area contributed by atoms with E-state index < -0.39 is 0 Å². The molecular weight excluding hydrogens is 406 g/mol. The second-order valence-electron chi connectivity index (χ2n) is 7.93. The van der Waals surface area contributed by atoms with Crippen molar-refractivity contribution in [1.82, 2.24) is 24.8 Å². The first-order valence-electron chi connectivity index (χ1n) is 10.6. The lowest BCUT2D eigenvalue weighted by Gasteiger charge is -2.28. The van der Waals surface area contributed by atoms with Gasteiger partial charge in [0.15, 0.2) is 5.11 Å². The van der Waals surface area contributed by atoms with Gasteiger partial charge in [-0.2, -0.15) is 0 Å². The van der Waals surface area contributed by atoms with Crippen LogP contribution in [0.3, 0.4) is 0 Å². The number of pyridine rings is 2. The Kier molecular flexibility index (Phi) is 6.63. The third kappa shape index (κ3) is 4.48. The molecule has 0 aromatic carbocycles. The highest BCUT2D eigenvalue weighted by atomic mass is 32.1. The fourth-order valence-electron chi connectivity index (χ4n) is 4.41. The molecule has 6 nitrogen and oxygen atoms in total. The van der Waals surface area contributed by atoms with Gasteiger partial charge in [-0.1, -0.05) is 6.07 Å². The van der Waals surface area contributed by atoms with E-state index in [1.807, 2.05) is 30.7 Å². The van der Waals surface area contributed by atoms with Crippen LogP contribution in [-0.2, 0) is 11.3 Å². The number of aromatic nitrogens is 3. The number of thiocarbonyl (C=S) groups is 1. The monoisotopic (exact) mass is 435 g/mol. The quantitative estimate of drug-likeness (QED) is 0.427. The summed E-state index contributed by atoms with van der Waals surface area (Å²) >= 11 is 5.76. The van der Waals surface area contributed by atoms with Crippen LogP contribution in [0.5, 0.6) is 0 Å². The zero-order valence-corrected chi connectivity index (χ0v) is 19.1. The average Bonchev–Trinajstić information content (AvgIpc) is 3.26. The second kappa shape index (κ2) is 9.58. The first-order chi connectivity index (χ1) is 15.1. The lowest BCUT2D eigenvalue weighted by Crippen LogP contribution is -2.31. The van der Waals surface area contributed by atoms with Gasteiger partial charge in [0.25, 0.3) is 0 Å². The SMILES string of the molecule is COCCCN1C(=S)N[C@@H](c2ccccn2)[C@H]1c1cc(C)n(Cc2ccncc2)c1C. The largest absolute Gasteiger partial charge is 0.385 e. The summed E-state index contributed by atoms with van der Waals surface area (Å²) in [4.78, 5) is 11.1. The minimum Gasteiger partial charge on any atom is -0.385 e. The van der Waals surface area contributed by atoms with Crippen LogP contribution in [0.1, 0.15) is 46.7 Å². The Hall–Kier alpha value is -2.77. The van der Waals surface area contributed by atoms with Crippen LogP contribution in [-0.4, -0.2) is 44.8 Å². The van der Waals surface area contributed by atoms with Gasteiger partial charge in [0, 0.05) is 56.8 Å². The van der Waals surface area contributed by atoms with Crippen molar-refractivity contribution >= 4 is 17.3 Å². The summed E-state index contributed by atoms with van der Waals surface area (Å²) in [6.07, 6.45) is 6.45. The third-order valence-corrected chi connectivity index (χ3v) is 6.32. The van der Waals surface area contributed by atoms with E-state index >= 15 is 0 Å². The number of hydrogen-bond acceptors (Lipinski definition) is 4. The minimum absolute atomic E-state index is 0.00567. The maximum absolute atomic E-state index is 5.76. The molecule has 0 saturated carbocycles. The fourth-order valence-corrected chi connectivity index (χ4v) is 4.74. The first-order valence-corrected chi connectivity index (χ1v) is 11.0. The molecule has 31 heavy (non-hydrogen) atoms. The number of rotatable bonds is 8. The first kappa shape index (κ1) is 21.5. The third-order valence-electron chi connectivity index (χ3n) is 5.97. The molecule has 0 aliphatic carbocycles. The van der Waals surface area contributed by atoms with Crippen LogP contribution in [0, 0.1) is 13.8 Å². The van der Waals surface area contributed by atoms with E-state index in [9.17, 15) is 0 Å². The lowest BCUT2D eigenvalue weighted by molar-refractivity contribution is 0.180. The summed E-state index contributed by atoms with van der Waals surface area (Å²) in [5, 5.41) is 4.31. The summed E-state index contributed by atoms with van der Waals surface area (Å²) in [6.45, 7) is 6.74. The highest BCUT2D eigenvalue weighted by Crippen LogP contribution is 2.40. The molecule has 1 aliphatic heterocycles. The summed E-state index contributed by atoms with van der Waals surface area (Å²) in [5.41, 5.74) is 6.01. The Balaban J connectivity index is 1.72. The Labute approximate surface area is 189 Å². The van der Waals surface area contributed by atoms with E-state index in [4.69, 9.17) is 17.0 Å². The number of nitrogens with one attached hydrogen (secondary N) is 1. The molecule has 4 heterocycles. The van der Waals surface area contributed by atoms with Gasteiger partial charge in [-0.15, -0.1) is 0 Å². The summed E-state index contributed by atoms with van der Waals surface area (Å²) < 4.78 is 7.66. The van der Waals surface area contributed by atoms with Crippen molar-refractivity contribution in [1.29, 1.82) is 0 Å². The van der Waals surface area contributed by atoms with Gasteiger partial charge in [0.05, 0.1) is 17.8 Å². The van der Waals surface area contributed by atoms with E-state index in [-0.39, 0.29) is 12.1 Å². The van der Waals surface area contributed by atoms with Crippen molar-refractivity contribution in [2.75, 3.05) is 20.3 Å². The highest BCUT2D eigenvalue weighted by Gasteiger charge is 2.41. The zero-order chi connectivity index (χ0) is 21.8. The molecule has 4 rings (SSSR count). The molecule has 0 spiro atoms. The molecule has 3 aromatic heterocycles. The topological polar surface area (TPSA) is 55.2 Å². The van der Waals surface area contributed by atoms with Gasteiger partial charge in [0.2, 0.25) is 0 Å². The van der Waals surface area contributed by atoms with Crippen LogP contribution in [0.2, 0.25) is 0 Å². The molecule has 0 amide bonds.